The third-order valence-electron chi connectivity index (χ3n) is 5.45. The third-order valence-corrected chi connectivity index (χ3v) is 5.45. The lowest BCUT2D eigenvalue weighted by Gasteiger charge is -2.05. The molecule has 0 aliphatic carbocycles. The van der Waals surface area contributed by atoms with Gasteiger partial charge in [-0.25, -0.2) is 0 Å². The van der Waals surface area contributed by atoms with Crippen molar-refractivity contribution in [1.82, 2.24) is 5.32 Å². The van der Waals surface area contributed by atoms with E-state index in [1.807, 2.05) is 0 Å². The highest BCUT2D eigenvalue weighted by Gasteiger charge is 1.97. The van der Waals surface area contributed by atoms with E-state index in [4.69, 9.17) is 5.11 Å². The van der Waals surface area contributed by atoms with E-state index >= 15 is 0 Å². The molecule has 27 heavy (non-hydrogen) atoms. The van der Waals surface area contributed by atoms with Crippen molar-refractivity contribution < 1.29 is 9.90 Å². The van der Waals surface area contributed by atoms with E-state index in [0.29, 0.717) is 6.42 Å². The van der Waals surface area contributed by atoms with Crippen LogP contribution in [0.1, 0.15) is 135 Å². The van der Waals surface area contributed by atoms with Crippen LogP contribution in [-0.2, 0) is 4.79 Å². The van der Waals surface area contributed by atoms with Gasteiger partial charge in [0.2, 0.25) is 0 Å². The molecule has 0 amide bonds. The minimum Gasteiger partial charge on any atom is -0.481 e. The van der Waals surface area contributed by atoms with E-state index in [2.05, 4.69) is 12.2 Å². The zero-order chi connectivity index (χ0) is 19.8. The lowest BCUT2D eigenvalue weighted by atomic mass is 10.1. The molecular weight excluding hydrogens is 334 g/mol. The molecule has 0 fully saturated rings. The van der Waals surface area contributed by atoms with Gasteiger partial charge in [0.05, 0.1) is 0 Å². The topological polar surface area (TPSA) is 49.3 Å². The Morgan fingerprint density at radius 1 is 0.556 bits per heavy atom. The van der Waals surface area contributed by atoms with Crippen LogP contribution in [0.4, 0.5) is 0 Å². The maximum atomic E-state index is 10.4. The molecule has 162 valence electrons. The smallest absolute Gasteiger partial charge is 0.303 e. The summed E-state index contributed by atoms with van der Waals surface area (Å²) in [7, 11) is 0. The van der Waals surface area contributed by atoms with Crippen molar-refractivity contribution in [3.05, 3.63) is 0 Å². The van der Waals surface area contributed by atoms with Crippen molar-refractivity contribution in [3.63, 3.8) is 0 Å². The summed E-state index contributed by atoms with van der Waals surface area (Å²) in [6, 6.07) is 0. The molecule has 3 heteroatoms. The number of unbranched alkanes of at least 4 members (excludes halogenated alkanes) is 17. The van der Waals surface area contributed by atoms with Crippen molar-refractivity contribution in [1.29, 1.82) is 0 Å². The van der Waals surface area contributed by atoms with Gasteiger partial charge < -0.3 is 10.4 Å². The number of carbonyl (C=O) groups is 1. The largest absolute Gasteiger partial charge is 0.481 e. The van der Waals surface area contributed by atoms with Gasteiger partial charge in [-0.15, -0.1) is 0 Å². The van der Waals surface area contributed by atoms with Gasteiger partial charge in [0, 0.05) is 6.42 Å². The molecular formula is C24H49NO2. The van der Waals surface area contributed by atoms with Gasteiger partial charge in [-0.05, 0) is 32.4 Å². The second-order valence-corrected chi connectivity index (χ2v) is 8.26. The summed E-state index contributed by atoms with van der Waals surface area (Å²) in [5.41, 5.74) is 0. The first kappa shape index (κ1) is 26.4. The molecule has 0 aliphatic heterocycles. The van der Waals surface area contributed by atoms with Crippen LogP contribution in [0.5, 0.6) is 0 Å². The Balaban J connectivity index is 2.98. The first-order valence-electron chi connectivity index (χ1n) is 12.2. The maximum Gasteiger partial charge on any atom is 0.303 e. The van der Waals surface area contributed by atoms with Crippen LogP contribution in [0.3, 0.4) is 0 Å². The van der Waals surface area contributed by atoms with Crippen LogP contribution >= 0.6 is 0 Å². The van der Waals surface area contributed by atoms with Gasteiger partial charge in [-0.1, -0.05) is 110 Å². The quantitative estimate of drug-likeness (QED) is 0.180. The molecule has 3 nitrogen and oxygen atoms in total. The molecule has 0 atom stereocenters. The Labute approximate surface area is 170 Å². The van der Waals surface area contributed by atoms with E-state index in [0.717, 1.165) is 12.8 Å². The van der Waals surface area contributed by atoms with Crippen molar-refractivity contribution in [2.24, 2.45) is 0 Å². The minimum absolute atomic E-state index is 0.339. The van der Waals surface area contributed by atoms with Gasteiger partial charge in [-0.3, -0.25) is 4.79 Å². The number of carboxylic acid groups (broad SMARTS) is 1. The van der Waals surface area contributed by atoms with Gasteiger partial charge in [0.15, 0.2) is 0 Å². The fraction of sp³-hybridized carbons (Fsp3) is 0.958. The average molecular weight is 384 g/mol. The summed E-state index contributed by atoms with van der Waals surface area (Å²) in [6.07, 6.45) is 25.6. The van der Waals surface area contributed by atoms with E-state index in [1.54, 1.807) is 0 Å². The number of rotatable bonds is 23. The van der Waals surface area contributed by atoms with Crippen molar-refractivity contribution in [2.75, 3.05) is 13.1 Å². The Kier molecular flexibility index (Phi) is 23.0. The number of nitrogens with one attached hydrogen (secondary N) is 1. The molecule has 0 heterocycles. The van der Waals surface area contributed by atoms with Crippen LogP contribution in [0, 0.1) is 0 Å². The van der Waals surface area contributed by atoms with Crippen molar-refractivity contribution in [2.45, 2.75) is 135 Å². The molecule has 0 rings (SSSR count). The number of aliphatic carboxylic acids is 1. The molecule has 0 bridgehead atoms. The van der Waals surface area contributed by atoms with Gasteiger partial charge in [-0.2, -0.15) is 0 Å². The zero-order valence-corrected chi connectivity index (χ0v) is 18.4. The standard InChI is InChI=1S/C24H49NO2/c1-2-3-4-5-6-7-10-13-16-19-22-25-23-20-17-14-11-8-9-12-15-18-21-24(26)27/h25H,2-23H2,1H3,(H,26,27). The Morgan fingerprint density at radius 3 is 1.26 bits per heavy atom. The van der Waals surface area contributed by atoms with E-state index in [9.17, 15) is 4.79 Å². The lowest BCUT2D eigenvalue weighted by molar-refractivity contribution is -0.137. The second-order valence-electron chi connectivity index (χ2n) is 8.26. The number of hydrogen-bond donors (Lipinski definition) is 2. The number of hydrogen-bond acceptors (Lipinski definition) is 2. The average Bonchev–Trinajstić information content (AvgIpc) is 2.65. The summed E-state index contributed by atoms with van der Waals surface area (Å²) in [6.45, 7) is 4.67. The fourth-order valence-corrected chi connectivity index (χ4v) is 3.63. The molecule has 0 unspecified atom stereocenters. The lowest BCUT2D eigenvalue weighted by Crippen LogP contribution is -2.16. The van der Waals surface area contributed by atoms with E-state index < -0.39 is 5.97 Å². The summed E-state index contributed by atoms with van der Waals surface area (Å²) in [5.74, 6) is -0.656. The summed E-state index contributed by atoms with van der Waals surface area (Å²) in [4.78, 5) is 10.4. The van der Waals surface area contributed by atoms with Gasteiger partial charge in [0.25, 0.3) is 0 Å². The first-order valence-corrected chi connectivity index (χ1v) is 12.2. The number of carboxylic acids is 1. The predicted octanol–water partition coefficient (Wildman–Crippen LogP) is 7.48. The van der Waals surface area contributed by atoms with Gasteiger partial charge in [0.1, 0.15) is 0 Å². The summed E-state index contributed by atoms with van der Waals surface area (Å²) >= 11 is 0. The van der Waals surface area contributed by atoms with E-state index in [1.165, 1.54) is 122 Å². The predicted molar refractivity (Wildman–Crippen MR) is 119 cm³/mol. The zero-order valence-electron chi connectivity index (χ0n) is 18.4. The maximum absolute atomic E-state index is 10.4. The van der Waals surface area contributed by atoms with Crippen LogP contribution in [-0.4, -0.2) is 24.2 Å². The Hall–Kier alpha value is -0.570. The summed E-state index contributed by atoms with van der Waals surface area (Å²) < 4.78 is 0. The fourth-order valence-electron chi connectivity index (χ4n) is 3.63. The summed E-state index contributed by atoms with van der Waals surface area (Å²) in [5, 5.41) is 12.2. The molecule has 0 saturated heterocycles. The highest BCUT2D eigenvalue weighted by molar-refractivity contribution is 5.66. The molecule has 0 saturated carbocycles. The monoisotopic (exact) mass is 383 g/mol. The van der Waals surface area contributed by atoms with Gasteiger partial charge >= 0.3 is 5.97 Å². The molecule has 2 N–H and O–H groups in total. The van der Waals surface area contributed by atoms with Crippen LogP contribution in [0.25, 0.3) is 0 Å². The molecule has 0 aliphatic rings. The Morgan fingerprint density at radius 2 is 0.889 bits per heavy atom. The molecule has 0 spiro atoms. The highest BCUT2D eigenvalue weighted by atomic mass is 16.4. The molecule has 0 aromatic carbocycles. The minimum atomic E-state index is -0.656. The van der Waals surface area contributed by atoms with Crippen LogP contribution < -0.4 is 5.32 Å². The van der Waals surface area contributed by atoms with Crippen LogP contribution in [0.15, 0.2) is 0 Å². The van der Waals surface area contributed by atoms with Crippen LogP contribution in [0.2, 0.25) is 0 Å². The SMILES string of the molecule is CCCCCCCCCCCCNCCCCCCCCCCCC(=O)O. The first-order chi connectivity index (χ1) is 13.3. The second kappa shape index (κ2) is 23.5. The normalized spacial score (nSPS) is 11.1. The van der Waals surface area contributed by atoms with Crippen molar-refractivity contribution in [3.8, 4) is 0 Å². The molecule has 0 aromatic rings. The highest BCUT2D eigenvalue weighted by Crippen LogP contribution is 2.11. The third kappa shape index (κ3) is 25.4. The Bertz CT molecular complexity index is 294. The van der Waals surface area contributed by atoms with E-state index in [-0.39, 0.29) is 0 Å². The molecule has 0 radical (unpaired) electrons. The molecule has 0 aromatic heterocycles. The van der Waals surface area contributed by atoms with Crippen molar-refractivity contribution >= 4 is 5.97 Å².